The minimum absolute atomic E-state index is 0.143. The third-order valence-electron chi connectivity index (χ3n) is 4.12. The van der Waals surface area contributed by atoms with Gasteiger partial charge in [0.2, 0.25) is 5.91 Å². The van der Waals surface area contributed by atoms with Crippen LogP contribution >= 0.6 is 11.3 Å². The molecule has 3 aromatic rings. The third-order valence-corrected chi connectivity index (χ3v) is 5.18. The average molecular weight is 354 g/mol. The zero-order valence-electron chi connectivity index (χ0n) is 14.7. The molecule has 0 bridgehead atoms. The first-order chi connectivity index (χ1) is 12.1. The molecule has 0 saturated heterocycles. The molecule has 0 aliphatic rings. The van der Waals surface area contributed by atoms with Crippen LogP contribution in [0.5, 0.6) is 0 Å². The van der Waals surface area contributed by atoms with Crippen molar-refractivity contribution in [3.63, 3.8) is 0 Å². The molecule has 1 amide bonds. The number of rotatable bonds is 7. The predicted molar refractivity (Wildman–Crippen MR) is 104 cm³/mol. The van der Waals surface area contributed by atoms with E-state index in [1.54, 1.807) is 11.3 Å². The van der Waals surface area contributed by atoms with Crippen molar-refractivity contribution >= 4 is 32.6 Å². The van der Waals surface area contributed by atoms with Gasteiger partial charge in [-0.25, -0.2) is 4.98 Å². The van der Waals surface area contributed by atoms with Crippen molar-refractivity contribution in [1.82, 2.24) is 4.98 Å². The first kappa shape index (κ1) is 17.6. The number of carbonyl (C=O) groups excluding carboxylic acids is 1. The van der Waals surface area contributed by atoms with Gasteiger partial charge in [-0.15, -0.1) is 0 Å². The van der Waals surface area contributed by atoms with Gasteiger partial charge in [-0.2, -0.15) is 0 Å². The summed E-state index contributed by atoms with van der Waals surface area (Å²) in [4.78, 5) is 20.8. The van der Waals surface area contributed by atoms with Crippen LogP contribution in [-0.4, -0.2) is 38.1 Å². The summed E-state index contributed by atoms with van der Waals surface area (Å²) in [5.41, 5.74) is 2.15. The summed E-state index contributed by atoms with van der Waals surface area (Å²) in [5.74, 6) is 0.143. The van der Waals surface area contributed by atoms with Crippen molar-refractivity contribution in [2.45, 2.75) is 12.8 Å². The number of para-hydroxylation sites is 1. The third kappa shape index (κ3) is 4.65. The molecule has 5 heteroatoms. The number of anilines is 1. The molecule has 1 heterocycles. The summed E-state index contributed by atoms with van der Waals surface area (Å²) in [6, 6.07) is 18.2. The SMILES string of the molecule is C[NH+](C)CCN(C(=O)CCc1ccccc1)c1nc2ccccc2s1. The minimum Gasteiger partial charge on any atom is -0.338 e. The van der Waals surface area contributed by atoms with E-state index in [1.165, 1.54) is 10.5 Å². The highest BCUT2D eigenvalue weighted by Crippen LogP contribution is 2.28. The Kier molecular flexibility index (Phi) is 5.79. The van der Waals surface area contributed by atoms with Gasteiger partial charge in [0.05, 0.1) is 37.4 Å². The van der Waals surface area contributed by atoms with E-state index in [2.05, 4.69) is 37.3 Å². The number of aromatic nitrogens is 1. The Morgan fingerprint density at radius 3 is 2.52 bits per heavy atom. The number of nitrogens with zero attached hydrogens (tertiary/aromatic N) is 2. The van der Waals surface area contributed by atoms with E-state index >= 15 is 0 Å². The molecule has 0 aliphatic heterocycles. The number of amides is 1. The highest BCUT2D eigenvalue weighted by atomic mass is 32.1. The van der Waals surface area contributed by atoms with Crippen molar-refractivity contribution in [3.8, 4) is 0 Å². The van der Waals surface area contributed by atoms with Crippen LogP contribution in [0, 0.1) is 0 Å². The standard InChI is InChI=1S/C20H23N3OS/c1-22(2)14-15-23(19(24)13-12-16-8-4-3-5-9-16)20-21-17-10-6-7-11-18(17)25-20/h3-11H,12-15H2,1-2H3/p+1. The Labute approximate surface area is 152 Å². The van der Waals surface area contributed by atoms with Crippen LogP contribution in [0.15, 0.2) is 54.6 Å². The average Bonchev–Trinajstić information content (AvgIpc) is 3.04. The molecule has 3 rings (SSSR count). The number of hydrogen-bond acceptors (Lipinski definition) is 3. The molecule has 0 atom stereocenters. The van der Waals surface area contributed by atoms with E-state index in [0.29, 0.717) is 13.0 Å². The summed E-state index contributed by atoms with van der Waals surface area (Å²) in [5, 5.41) is 0.806. The molecule has 2 aromatic carbocycles. The molecule has 1 N–H and O–H groups in total. The van der Waals surface area contributed by atoms with E-state index in [4.69, 9.17) is 0 Å². The molecule has 0 saturated carbocycles. The van der Waals surface area contributed by atoms with Gasteiger partial charge in [-0.05, 0) is 24.1 Å². The topological polar surface area (TPSA) is 37.6 Å². The van der Waals surface area contributed by atoms with Crippen molar-refractivity contribution in [1.29, 1.82) is 0 Å². The first-order valence-electron chi connectivity index (χ1n) is 8.62. The van der Waals surface area contributed by atoms with E-state index in [-0.39, 0.29) is 5.91 Å². The highest BCUT2D eigenvalue weighted by Gasteiger charge is 2.20. The summed E-state index contributed by atoms with van der Waals surface area (Å²) >= 11 is 1.59. The predicted octanol–water partition coefficient (Wildman–Crippen LogP) is 2.41. The Morgan fingerprint density at radius 1 is 1.08 bits per heavy atom. The fourth-order valence-electron chi connectivity index (χ4n) is 2.67. The van der Waals surface area contributed by atoms with Crippen LogP contribution in [0.3, 0.4) is 0 Å². The van der Waals surface area contributed by atoms with E-state index in [0.717, 1.165) is 28.3 Å². The van der Waals surface area contributed by atoms with Crippen molar-refractivity contribution in [3.05, 3.63) is 60.2 Å². The summed E-state index contributed by atoms with van der Waals surface area (Å²) < 4.78 is 1.12. The smallest absolute Gasteiger partial charge is 0.229 e. The Morgan fingerprint density at radius 2 is 1.80 bits per heavy atom. The Hall–Kier alpha value is -2.24. The lowest BCUT2D eigenvalue weighted by atomic mass is 10.1. The molecule has 4 nitrogen and oxygen atoms in total. The maximum absolute atomic E-state index is 12.9. The number of likely N-dealkylation sites (N-methyl/N-ethyl adjacent to an activating group) is 1. The van der Waals surface area contributed by atoms with Gasteiger partial charge in [0.15, 0.2) is 5.13 Å². The number of aryl methyl sites for hydroxylation is 1. The maximum atomic E-state index is 12.9. The number of thiazole rings is 1. The molecular formula is C20H24N3OS+. The van der Waals surface area contributed by atoms with Crippen LogP contribution in [0.4, 0.5) is 5.13 Å². The summed E-state index contributed by atoms with van der Waals surface area (Å²) in [7, 11) is 4.20. The lowest BCUT2D eigenvalue weighted by Gasteiger charge is -2.20. The van der Waals surface area contributed by atoms with Gasteiger partial charge in [-0.1, -0.05) is 53.8 Å². The maximum Gasteiger partial charge on any atom is 0.229 e. The van der Waals surface area contributed by atoms with Gasteiger partial charge in [0.1, 0.15) is 0 Å². The molecule has 0 fully saturated rings. The van der Waals surface area contributed by atoms with E-state index < -0.39 is 0 Å². The molecule has 25 heavy (non-hydrogen) atoms. The van der Waals surface area contributed by atoms with Crippen molar-refractivity contribution < 1.29 is 9.69 Å². The van der Waals surface area contributed by atoms with Gasteiger partial charge in [-0.3, -0.25) is 9.69 Å². The lowest BCUT2D eigenvalue weighted by molar-refractivity contribution is -0.856. The highest BCUT2D eigenvalue weighted by molar-refractivity contribution is 7.22. The largest absolute Gasteiger partial charge is 0.338 e. The van der Waals surface area contributed by atoms with Gasteiger partial charge in [0, 0.05) is 6.42 Å². The monoisotopic (exact) mass is 354 g/mol. The zero-order valence-corrected chi connectivity index (χ0v) is 15.6. The number of nitrogens with one attached hydrogen (secondary N) is 1. The quantitative estimate of drug-likeness (QED) is 0.707. The van der Waals surface area contributed by atoms with Crippen LogP contribution in [0.2, 0.25) is 0 Å². The summed E-state index contributed by atoms with van der Waals surface area (Å²) in [6.45, 7) is 1.59. The second kappa shape index (κ2) is 8.23. The molecule has 1 aromatic heterocycles. The van der Waals surface area contributed by atoms with Crippen molar-refractivity contribution in [2.24, 2.45) is 0 Å². The number of hydrogen-bond donors (Lipinski definition) is 1. The number of quaternary nitrogens is 1. The minimum atomic E-state index is 0.143. The van der Waals surface area contributed by atoms with Crippen LogP contribution in [-0.2, 0) is 11.2 Å². The van der Waals surface area contributed by atoms with Gasteiger partial charge in [0.25, 0.3) is 0 Å². The van der Waals surface area contributed by atoms with Crippen molar-refractivity contribution in [2.75, 3.05) is 32.1 Å². The van der Waals surface area contributed by atoms with Crippen LogP contribution in [0.1, 0.15) is 12.0 Å². The zero-order chi connectivity index (χ0) is 17.6. The van der Waals surface area contributed by atoms with Gasteiger partial charge < -0.3 is 4.90 Å². The Balaban J connectivity index is 1.77. The number of benzene rings is 2. The number of carbonyl (C=O) groups is 1. The lowest BCUT2D eigenvalue weighted by Crippen LogP contribution is -3.06. The van der Waals surface area contributed by atoms with Crippen LogP contribution in [0.25, 0.3) is 10.2 Å². The second-order valence-corrected chi connectivity index (χ2v) is 7.46. The molecule has 130 valence electrons. The molecular weight excluding hydrogens is 330 g/mol. The molecule has 0 unspecified atom stereocenters. The summed E-state index contributed by atoms with van der Waals surface area (Å²) in [6.07, 6.45) is 1.26. The molecule has 0 spiro atoms. The molecule has 0 aliphatic carbocycles. The Bertz CT molecular complexity index is 796. The first-order valence-corrected chi connectivity index (χ1v) is 9.44. The fourth-order valence-corrected chi connectivity index (χ4v) is 3.68. The number of fused-ring (bicyclic) bond motifs is 1. The van der Waals surface area contributed by atoms with E-state index in [1.807, 2.05) is 41.3 Å². The van der Waals surface area contributed by atoms with Crippen LogP contribution < -0.4 is 9.80 Å². The normalized spacial score (nSPS) is 11.2. The van der Waals surface area contributed by atoms with Gasteiger partial charge >= 0.3 is 0 Å². The second-order valence-electron chi connectivity index (χ2n) is 6.45. The fraction of sp³-hybridized carbons (Fsp3) is 0.300. The molecule has 0 radical (unpaired) electrons. The van der Waals surface area contributed by atoms with E-state index in [9.17, 15) is 4.79 Å².